The lowest BCUT2D eigenvalue weighted by atomic mass is 10.1. The van der Waals surface area contributed by atoms with E-state index in [1.54, 1.807) is 18.2 Å². The van der Waals surface area contributed by atoms with Gasteiger partial charge in [-0.25, -0.2) is 0 Å². The summed E-state index contributed by atoms with van der Waals surface area (Å²) < 4.78 is 0. The minimum Gasteiger partial charge on any atom is -0.352 e. The molecular weight excluding hydrogens is 292 g/mol. The van der Waals surface area contributed by atoms with Gasteiger partial charge >= 0.3 is 0 Å². The van der Waals surface area contributed by atoms with E-state index in [1.165, 1.54) is 12.1 Å². The Morgan fingerprint density at radius 3 is 2.39 bits per heavy atom. The predicted octanol–water partition coefficient (Wildman–Crippen LogP) is 3.36. The van der Waals surface area contributed by atoms with Crippen LogP contribution in [0, 0.1) is 10.1 Å². The second kappa shape index (κ2) is 7.89. The Kier molecular flexibility index (Phi) is 5.63. The van der Waals surface area contributed by atoms with Crippen LogP contribution in [-0.2, 0) is 11.2 Å². The van der Waals surface area contributed by atoms with Gasteiger partial charge in [-0.05, 0) is 30.0 Å². The lowest BCUT2D eigenvalue weighted by Gasteiger charge is -2.04. The fraction of sp³-hybridized carbons (Fsp3) is 0.167. The molecule has 0 atom stereocenters. The average Bonchev–Trinajstić information content (AvgIpc) is 2.56. The van der Waals surface area contributed by atoms with Crippen LogP contribution in [0.2, 0.25) is 0 Å². The first kappa shape index (κ1) is 16.4. The summed E-state index contributed by atoms with van der Waals surface area (Å²) in [5.74, 6) is -0.145. The third kappa shape index (κ3) is 5.07. The quantitative estimate of drug-likeness (QED) is 0.505. The van der Waals surface area contributed by atoms with Gasteiger partial charge in [0, 0.05) is 24.8 Å². The molecule has 2 aromatic rings. The minimum absolute atomic E-state index is 0.0687. The third-order valence-corrected chi connectivity index (χ3v) is 3.44. The van der Waals surface area contributed by atoms with Gasteiger partial charge in [-0.2, -0.15) is 0 Å². The van der Waals surface area contributed by atoms with Crippen molar-refractivity contribution in [3.05, 3.63) is 81.9 Å². The maximum Gasteiger partial charge on any atom is 0.269 e. The Balaban J connectivity index is 1.84. The Bertz CT molecular complexity index is 707. The van der Waals surface area contributed by atoms with Crippen molar-refractivity contribution in [1.82, 2.24) is 5.32 Å². The average molecular weight is 310 g/mol. The molecule has 0 aliphatic rings. The van der Waals surface area contributed by atoms with Crippen LogP contribution in [-0.4, -0.2) is 17.4 Å². The van der Waals surface area contributed by atoms with Crippen LogP contribution in [0.5, 0.6) is 0 Å². The fourth-order valence-electron chi connectivity index (χ4n) is 2.15. The van der Waals surface area contributed by atoms with Gasteiger partial charge in [0.05, 0.1) is 4.92 Å². The topological polar surface area (TPSA) is 72.2 Å². The van der Waals surface area contributed by atoms with Gasteiger partial charge in [0.1, 0.15) is 0 Å². The van der Waals surface area contributed by atoms with E-state index in [1.807, 2.05) is 37.3 Å². The van der Waals surface area contributed by atoms with E-state index >= 15 is 0 Å². The molecule has 5 nitrogen and oxygen atoms in total. The zero-order valence-corrected chi connectivity index (χ0v) is 12.9. The Labute approximate surface area is 134 Å². The number of non-ortho nitro benzene ring substituents is 1. The summed E-state index contributed by atoms with van der Waals surface area (Å²) in [6.07, 6.45) is 2.20. The van der Waals surface area contributed by atoms with Crippen LogP contribution in [0.4, 0.5) is 5.69 Å². The molecule has 2 rings (SSSR count). The number of nitro groups is 1. The number of nitrogens with one attached hydrogen (secondary N) is 1. The smallest absolute Gasteiger partial charge is 0.269 e. The van der Waals surface area contributed by atoms with Crippen molar-refractivity contribution in [3.63, 3.8) is 0 Å². The zero-order chi connectivity index (χ0) is 16.7. The van der Waals surface area contributed by atoms with Crippen molar-refractivity contribution >= 4 is 17.2 Å². The summed E-state index contributed by atoms with van der Waals surface area (Å²) in [6, 6.07) is 16.0. The molecule has 1 N–H and O–H groups in total. The summed E-state index contributed by atoms with van der Waals surface area (Å²) in [4.78, 5) is 22.0. The van der Waals surface area contributed by atoms with Crippen molar-refractivity contribution in [1.29, 1.82) is 0 Å². The summed E-state index contributed by atoms with van der Waals surface area (Å²) in [5.41, 5.74) is 2.93. The highest BCUT2D eigenvalue weighted by molar-refractivity contribution is 5.94. The molecule has 0 radical (unpaired) electrons. The highest BCUT2D eigenvalue weighted by Crippen LogP contribution is 2.13. The van der Waals surface area contributed by atoms with Crippen LogP contribution in [0.3, 0.4) is 0 Å². The van der Waals surface area contributed by atoms with Crippen molar-refractivity contribution in [2.45, 2.75) is 13.3 Å². The molecule has 0 aliphatic heterocycles. The van der Waals surface area contributed by atoms with Crippen molar-refractivity contribution < 1.29 is 9.72 Å². The lowest BCUT2D eigenvalue weighted by Crippen LogP contribution is -2.23. The van der Waals surface area contributed by atoms with E-state index < -0.39 is 4.92 Å². The number of hydrogen-bond donors (Lipinski definition) is 1. The fourth-order valence-corrected chi connectivity index (χ4v) is 2.15. The van der Waals surface area contributed by atoms with Crippen molar-refractivity contribution in [2.24, 2.45) is 0 Å². The maximum absolute atomic E-state index is 11.9. The SMILES string of the molecule is C/C(=C\C(=O)NCCc1ccc([N+](=O)[O-])cc1)c1ccccc1. The number of rotatable bonds is 6. The number of nitro benzene ring substituents is 1. The molecule has 0 heterocycles. The molecule has 0 unspecified atom stereocenters. The highest BCUT2D eigenvalue weighted by Gasteiger charge is 2.04. The van der Waals surface area contributed by atoms with Gasteiger partial charge in [0.2, 0.25) is 5.91 Å². The largest absolute Gasteiger partial charge is 0.352 e. The predicted molar refractivity (Wildman–Crippen MR) is 89.9 cm³/mol. The van der Waals surface area contributed by atoms with Crippen molar-refractivity contribution in [3.8, 4) is 0 Å². The number of carbonyl (C=O) groups excluding carboxylic acids is 1. The Morgan fingerprint density at radius 2 is 1.78 bits per heavy atom. The molecule has 0 saturated heterocycles. The Morgan fingerprint density at radius 1 is 1.13 bits per heavy atom. The molecule has 0 spiro atoms. The van der Waals surface area contributed by atoms with Gasteiger partial charge < -0.3 is 5.32 Å². The minimum atomic E-state index is -0.428. The maximum atomic E-state index is 11.9. The molecule has 23 heavy (non-hydrogen) atoms. The molecule has 0 fully saturated rings. The second-order valence-electron chi connectivity index (χ2n) is 5.16. The summed E-state index contributed by atoms with van der Waals surface area (Å²) in [6.45, 7) is 2.38. The molecule has 0 bridgehead atoms. The summed E-state index contributed by atoms with van der Waals surface area (Å²) in [7, 11) is 0. The molecule has 1 amide bonds. The van der Waals surface area contributed by atoms with E-state index in [4.69, 9.17) is 0 Å². The first-order valence-corrected chi connectivity index (χ1v) is 7.31. The lowest BCUT2D eigenvalue weighted by molar-refractivity contribution is -0.384. The van der Waals surface area contributed by atoms with Crippen LogP contribution < -0.4 is 5.32 Å². The Hall–Kier alpha value is -2.95. The van der Waals surface area contributed by atoms with Crippen LogP contribution >= 0.6 is 0 Å². The van der Waals surface area contributed by atoms with E-state index in [0.29, 0.717) is 13.0 Å². The number of nitrogens with zero attached hydrogens (tertiary/aromatic N) is 1. The van der Waals surface area contributed by atoms with Crippen LogP contribution in [0.25, 0.3) is 5.57 Å². The highest BCUT2D eigenvalue weighted by atomic mass is 16.6. The second-order valence-corrected chi connectivity index (χ2v) is 5.16. The van der Waals surface area contributed by atoms with Crippen LogP contribution in [0.15, 0.2) is 60.7 Å². The van der Waals surface area contributed by atoms with Crippen LogP contribution in [0.1, 0.15) is 18.1 Å². The van der Waals surface area contributed by atoms with E-state index in [0.717, 1.165) is 16.7 Å². The van der Waals surface area contributed by atoms with Gasteiger partial charge in [0.15, 0.2) is 0 Å². The third-order valence-electron chi connectivity index (χ3n) is 3.44. The van der Waals surface area contributed by atoms with Gasteiger partial charge in [0.25, 0.3) is 5.69 Å². The summed E-state index contributed by atoms with van der Waals surface area (Å²) in [5, 5.41) is 13.4. The first-order chi connectivity index (χ1) is 11.1. The number of carbonyl (C=O) groups is 1. The molecule has 0 aliphatic carbocycles. The first-order valence-electron chi connectivity index (χ1n) is 7.31. The molecular formula is C18H18N2O3. The number of hydrogen-bond acceptors (Lipinski definition) is 3. The molecule has 0 aromatic heterocycles. The van der Waals surface area contributed by atoms with E-state index in [-0.39, 0.29) is 11.6 Å². The normalized spacial score (nSPS) is 11.1. The van der Waals surface area contributed by atoms with Crippen molar-refractivity contribution in [2.75, 3.05) is 6.54 Å². The van der Waals surface area contributed by atoms with E-state index in [2.05, 4.69) is 5.32 Å². The number of benzene rings is 2. The molecule has 0 saturated carbocycles. The molecule has 118 valence electrons. The zero-order valence-electron chi connectivity index (χ0n) is 12.9. The molecule has 2 aromatic carbocycles. The van der Waals surface area contributed by atoms with E-state index in [9.17, 15) is 14.9 Å². The summed E-state index contributed by atoms with van der Waals surface area (Å²) >= 11 is 0. The van der Waals surface area contributed by atoms with Gasteiger partial charge in [-0.3, -0.25) is 14.9 Å². The van der Waals surface area contributed by atoms with Gasteiger partial charge in [-0.15, -0.1) is 0 Å². The number of amides is 1. The van der Waals surface area contributed by atoms with Gasteiger partial charge in [-0.1, -0.05) is 42.5 Å². The monoisotopic (exact) mass is 310 g/mol. The molecule has 5 heteroatoms. The standard InChI is InChI=1S/C18H18N2O3/c1-14(16-5-3-2-4-6-16)13-18(21)19-12-11-15-7-9-17(10-8-15)20(22)23/h2-10,13H,11-12H2,1H3,(H,19,21)/b14-13+. The number of allylic oxidation sites excluding steroid dienone is 1.